The van der Waals surface area contributed by atoms with Crippen molar-refractivity contribution in [2.75, 3.05) is 5.32 Å². The van der Waals surface area contributed by atoms with Crippen LogP contribution in [-0.4, -0.2) is 10.8 Å². The molecule has 0 fully saturated rings. The van der Waals surface area contributed by atoms with Crippen molar-refractivity contribution in [2.24, 2.45) is 5.10 Å². The van der Waals surface area contributed by atoms with E-state index in [2.05, 4.69) is 40.1 Å². The maximum atomic E-state index is 5.27. The number of rotatable bonds is 3. The van der Waals surface area contributed by atoms with Crippen molar-refractivity contribution in [1.82, 2.24) is 5.43 Å². The van der Waals surface area contributed by atoms with E-state index in [-0.39, 0.29) is 0 Å². The van der Waals surface area contributed by atoms with Gasteiger partial charge in [-0.2, -0.15) is 5.10 Å². The zero-order chi connectivity index (χ0) is 16.1. The summed E-state index contributed by atoms with van der Waals surface area (Å²) in [5, 5.41) is 10.4. The fraction of sp³-hybridized carbons (Fsp3) is 0.0526. The summed E-state index contributed by atoms with van der Waals surface area (Å²) in [6, 6.07) is 24.3. The van der Waals surface area contributed by atoms with E-state index in [0.717, 1.165) is 17.0 Å². The quantitative estimate of drug-likeness (QED) is 0.422. The Balaban J connectivity index is 1.75. The maximum Gasteiger partial charge on any atom is 0.191 e. The predicted molar refractivity (Wildman–Crippen MR) is 102 cm³/mol. The molecule has 0 saturated carbocycles. The molecule has 0 radical (unpaired) electrons. The lowest BCUT2D eigenvalue weighted by molar-refractivity contribution is 1.04. The number of hydrazone groups is 1. The third-order valence-electron chi connectivity index (χ3n) is 3.54. The van der Waals surface area contributed by atoms with Gasteiger partial charge in [0.15, 0.2) is 5.11 Å². The smallest absolute Gasteiger partial charge is 0.191 e. The lowest BCUT2D eigenvalue weighted by atomic mass is 10.0. The Morgan fingerprint density at radius 1 is 0.870 bits per heavy atom. The highest BCUT2D eigenvalue weighted by Crippen LogP contribution is 2.19. The third kappa shape index (κ3) is 3.73. The lowest BCUT2D eigenvalue weighted by Crippen LogP contribution is -2.24. The van der Waals surface area contributed by atoms with Crippen LogP contribution in [-0.2, 0) is 0 Å². The third-order valence-corrected chi connectivity index (χ3v) is 3.73. The molecule has 0 aliphatic heterocycles. The van der Waals surface area contributed by atoms with Crippen molar-refractivity contribution < 1.29 is 0 Å². The first-order valence-electron chi connectivity index (χ1n) is 7.38. The van der Waals surface area contributed by atoms with E-state index in [1.165, 1.54) is 10.8 Å². The Hall–Kier alpha value is -2.72. The number of hydrogen-bond donors (Lipinski definition) is 2. The van der Waals surface area contributed by atoms with Gasteiger partial charge < -0.3 is 5.32 Å². The fourth-order valence-corrected chi connectivity index (χ4v) is 2.58. The topological polar surface area (TPSA) is 36.4 Å². The summed E-state index contributed by atoms with van der Waals surface area (Å²) in [7, 11) is 0. The molecule has 0 saturated heterocycles. The number of nitrogens with one attached hydrogen (secondary N) is 2. The zero-order valence-electron chi connectivity index (χ0n) is 12.8. The molecule has 2 N–H and O–H groups in total. The molecule has 0 unspecified atom stereocenters. The van der Waals surface area contributed by atoms with Crippen molar-refractivity contribution in [3.8, 4) is 0 Å². The van der Waals surface area contributed by atoms with Gasteiger partial charge in [0.2, 0.25) is 0 Å². The average Bonchev–Trinajstić information content (AvgIpc) is 2.60. The van der Waals surface area contributed by atoms with Gasteiger partial charge in [-0.15, -0.1) is 0 Å². The Morgan fingerprint density at radius 3 is 2.39 bits per heavy atom. The van der Waals surface area contributed by atoms with Gasteiger partial charge in [0.25, 0.3) is 0 Å². The summed E-state index contributed by atoms with van der Waals surface area (Å²) < 4.78 is 0. The molecule has 23 heavy (non-hydrogen) atoms. The number of hydrogen-bond acceptors (Lipinski definition) is 2. The van der Waals surface area contributed by atoms with E-state index >= 15 is 0 Å². The van der Waals surface area contributed by atoms with Gasteiger partial charge in [-0.1, -0.05) is 60.7 Å². The number of fused-ring (bicyclic) bond motifs is 1. The Morgan fingerprint density at radius 2 is 1.57 bits per heavy atom. The molecule has 0 aromatic heterocycles. The van der Waals surface area contributed by atoms with Crippen molar-refractivity contribution in [3.63, 3.8) is 0 Å². The monoisotopic (exact) mass is 319 g/mol. The summed E-state index contributed by atoms with van der Waals surface area (Å²) in [6.07, 6.45) is 0. The number of benzene rings is 3. The lowest BCUT2D eigenvalue weighted by Gasteiger charge is -2.09. The Kier molecular flexibility index (Phi) is 4.64. The summed E-state index contributed by atoms with van der Waals surface area (Å²) in [6.45, 7) is 1.97. The molecule has 114 valence electrons. The number of thiocarbonyl (C=S) groups is 1. The predicted octanol–water partition coefficient (Wildman–Crippen LogP) is 4.55. The van der Waals surface area contributed by atoms with Crippen molar-refractivity contribution in [3.05, 3.63) is 78.4 Å². The van der Waals surface area contributed by atoms with Gasteiger partial charge in [0.05, 0.1) is 5.71 Å². The van der Waals surface area contributed by atoms with E-state index in [9.17, 15) is 0 Å². The van der Waals surface area contributed by atoms with Crippen LogP contribution in [0.3, 0.4) is 0 Å². The highest BCUT2D eigenvalue weighted by molar-refractivity contribution is 7.80. The molecule has 0 aliphatic carbocycles. The number of nitrogens with zero attached hydrogens (tertiary/aromatic N) is 1. The highest BCUT2D eigenvalue weighted by atomic mass is 32.1. The summed E-state index contributed by atoms with van der Waals surface area (Å²) in [4.78, 5) is 0. The van der Waals surface area contributed by atoms with Crippen molar-refractivity contribution in [2.45, 2.75) is 6.92 Å². The molecule has 0 atom stereocenters. The first-order chi connectivity index (χ1) is 11.2. The van der Waals surface area contributed by atoms with E-state index in [1.807, 2.05) is 55.5 Å². The zero-order valence-corrected chi connectivity index (χ0v) is 13.6. The maximum absolute atomic E-state index is 5.27. The molecule has 0 bridgehead atoms. The summed E-state index contributed by atoms with van der Waals surface area (Å²) >= 11 is 5.27. The van der Waals surface area contributed by atoms with Crippen LogP contribution in [0.15, 0.2) is 77.9 Å². The Bertz CT molecular complexity index is 851. The van der Waals surface area contributed by atoms with Crippen LogP contribution >= 0.6 is 12.2 Å². The van der Waals surface area contributed by atoms with Crippen LogP contribution in [0.5, 0.6) is 0 Å². The van der Waals surface area contributed by atoms with Crippen molar-refractivity contribution in [1.29, 1.82) is 0 Å². The molecule has 0 aliphatic rings. The molecule has 3 aromatic rings. The van der Waals surface area contributed by atoms with Crippen LogP contribution in [0.4, 0.5) is 5.69 Å². The van der Waals surface area contributed by atoms with Crippen LogP contribution in [0.25, 0.3) is 10.8 Å². The molecule has 3 aromatic carbocycles. The molecule has 4 heteroatoms. The SMILES string of the molecule is C/C(=N\NC(=S)Nc1ccccc1)c1cccc2ccccc12. The minimum atomic E-state index is 0.468. The van der Waals surface area contributed by atoms with Gasteiger partial charge >= 0.3 is 0 Å². The second-order valence-electron chi connectivity index (χ2n) is 5.16. The highest BCUT2D eigenvalue weighted by Gasteiger charge is 2.04. The standard InChI is InChI=1S/C19H17N3S/c1-14(17-13-7-9-15-8-5-6-12-18(15)17)21-22-19(23)20-16-10-3-2-4-11-16/h2-13H,1H3,(H2,20,22,23)/b21-14+. The second-order valence-corrected chi connectivity index (χ2v) is 5.56. The first kappa shape index (κ1) is 15.2. The summed E-state index contributed by atoms with van der Waals surface area (Å²) in [5.74, 6) is 0. The molecule has 3 rings (SSSR count). The van der Waals surface area contributed by atoms with Gasteiger partial charge in [0, 0.05) is 11.3 Å². The molecule has 0 spiro atoms. The first-order valence-corrected chi connectivity index (χ1v) is 7.79. The molecule has 0 heterocycles. The van der Waals surface area contributed by atoms with E-state index < -0.39 is 0 Å². The molecule has 0 amide bonds. The van der Waals surface area contributed by atoms with Gasteiger partial charge in [-0.3, -0.25) is 5.43 Å². The Labute approximate surface area is 141 Å². The molecule has 3 nitrogen and oxygen atoms in total. The molecular formula is C19H17N3S. The average molecular weight is 319 g/mol. The number of anilines is 1. The van der Waals surface area contributed by atoms with Crippen molar-refractivity contribution >= 4 is 39.5 Å². The van der Waals surface area contributed by atoms with Gasteiger partial charge in [0.1, 0.15) is 0 Å². The van der Waals surface area contributed by atoms with Crippen LogP contribution < -0.4 is 10.7 Å². The van der Waals surface area contributed by atoms with E-state index in [0.29, 0.717) is 5.11 Å². The van der Waals surface area contributed by atoms with Gasteiger partial charge in [-0.05, 0) is 42.0 Å². The fourth-order valence-electron chi connectivity index (χ4n) is 2.42. The van der Waals surface area contributed by atoms with E-state index in [1.54, 1.807) is 0 Å². The normalized spacial score (nSPS) is 11.3. The summed E-state index contributed by atoms with van der Waals surface area (Å²) in [5.41, 5.74) is 5.82. The van der Waals surface area contributed by atoms with Crippen LogP contribution in [0.1, 0.15) is 12.5 Å². The minimum Gasteiger partial charge on any atom is -0.331 e. The van der Waals surface area contributed by atoms with Crippen LogP contribution in [0, 0.1) is 0 Å². The second kappa shape index (κ2) is 7.03. The van der Waals surface area contributed by atoms with E-state index in [4.69, 9.17) is 12.2 Å². The van der Waals surface area contributed by atoms with Gasteiger partial charge in [-0.25, -0.2) is 0 Å². The largest absolute Gasteiger partial charge is 0.331 e. The minimum absolute atomic E-state index is 0.468. The molecular weight excluding hydrogens is 302 g/mol. The number of para-hydroxylation sites is 1. The van der Waals surface area contributed by atoms with Crippen LogP contribution in [0.2, 0.25) is 0 Å².